The maximum absolute atomic E-state index is 10.4. The van der Waals surface area contributed by atoms with Crippen LogP contribution in [0.25, 0.3) is 0 Å². The lowest BCUT2D eigenvalue weighted by Gasteiger charge is -2.16. The molecule has 0 radical (unpaired) electrons. The summed E-state index contributed by atoms with van der Waals surface area (Å²) in [7, 11) is 1.66. The summed E-state index contributed by atoms with van der Waals surface area (Å²) in [5.74, 6) is 0.826. The number of para-hydroxylation sites is 1. The molecule has 0 aromatic heterocycles. The van der Waals surface area contributed by atoms with E-state index in [2.05, 4.69) is 18.2 Å². The van der Waals surface area contributed by atoms with Crippen LogP contribution in [-0.2, 0) is 6.42 Å². The normalized spacial score (nSPS) is 12.2. The van der Waals surface area contributed by atoms with E-state index in [-0.39, 0.29) is 0 Å². The zero-order valence-corrected chi connectivity index (χ0v) is 11.7. The van der Waals surface area contributed by atoms with E-state index in [0.717, 1.165) is 22.4 Å². The predicted molar refractivity (Wildman–Crippen MR) is 77.6 cm³/mol. The topological polar surface area (TPSA) is 29.5 Å². The van der Waals surface area contributed by atoms with Crippen molar-refractivity contribution in [2.24, 2.45) is 0 Å². The van der Waals surface area contributed by atoms with Crippen molar-refractivity contribution in [1.82, 2.24) is 0 Å². The zero-order chi connectivity index (χ0) is 13.8. The Morgan fingerprint density at radius 1 is 1.11 bits per heavy atom. The molecule has 2 aromatic carbocycles. The second-order valence-corrected chi connectivity index (χ2v) is 4.89. The second-order valence-electron chi connectivity index (χ2n) is 4.89. The first-order chi connectivity index (χ1) is 9.11. The maximum Gasteiger partial charge on any atom is 0.122 e. The third-order valence-corrected chi connectivity index (χ3v) is 3.40. The zero-order valence-electron chi connectivity index (χ0n) is 11.7. The summed E-state index contributed by atoms with van der Waals surface area (Å²) in [5.41, 5.74) is 4.30. The van der Waals surface area contributed by atoms with Crippen molar-refractivity contribution in [3.63, 3.8) is 0 Å². The molecule has 0 aliphatic rings. The van der Waals surface area contributed by atoms with Gasteiger partial charge in [-0.15, -0.1) is 0 Å². The van der Waals surface area contributed by atoms with Crippen LogP contribution >= 0.6 is 0 Å². The van der Waals surface area contributed by atoms with Crippen molar-refractivity contribution in [2.45, 2.75) is 26.4 Å². The molecule has 1 atom stereocenters. The fraction of sp³-hybridized carbons (Fsp3) is 0.294. The molecule has 0 aliphatic carbocycles. The molecule has 0 heterocycles. The number of aliphatic hydroxyl groups excluding tert-OH is 1. The van der Waals surface area contributed by atoms with E-state index in [1.54, 1.807) is 7.11 Å². The molecule has 100 valence electrons. The van der Waals surface area contributed by atoms with Crippen molar-refractivity contribution < 1.29 is 9.84 Å². The minimum Gasteiger partial charge on any atom is -0.496 e. The Balaban J connectivity index is 2.25. The lowest BCUT2D eigenvalue weighted by molar-refractivity contribution is 0.176. The quantitative estimate of drug-likeness (QED) is 0.906. The van der Waals surface area contributed by atoms with Crippen LogP contribution in [0.1, 0.15) is 28.4 Å². The van der Waals surface area contributed by atoms with E-state index >= 15 is 0 Å². The van der Waals surface area contributed by atoms with Gasteiger partial charge < -0.3 is 9.84 Å². The van der Waals surface area contributed by atoms with Gasteiger partial charge in [0, 0.05) is 6.42 Å². The van der Waals surface area contributed by atoms with Crippen LogP contribution < -0.4 is 4.74 Å². The molecule has 2 rings (SSSR count). The Labute approximate surface area is 114 Å². The van der Waals surface area contributed by atoms with Crippen LogP contribution in [0.15, 0.2) is 42.5 Å². The molecule has 0 saturated heterocycles. The summed E-state index contributed by atoms with van der Waals surface area (Å²) in [5, 5.41) is 10.4. The molecule has 0 spiro atoms. The number of methoxy groups -OCH3 is 1. The monoisotopic (exact) mass is 256 g/mol. The van der Waals surface area contributed by atoms with Crippen LogP contribution in [-0.4, -0.2) is 12.2 Å². The van der Waals surface area contributed by atoms with Crippen LogP contribution in [0.2, 0.25) is 0 Å². The second kappa shape index (κ2) is 5.89. The lowest BCUT2D eigenvalue weighted by Crippen LogP contribution is -2.05. The Morgan fingerprint density at radius 2 is 1.84 bits per heavy atom. The molecule has 1 N–H and O–H groups in total. The van der Waals surface area contributed by atoms with Crippen LogP contribution in [0.5, 0.6) is 5.75 Å². The summed E-state index contributed by atoms with van der Waals surface area (Å²) in [6.07, 6.45) is 0.0603. The minimum atomic E-state index is -0.504. The first kappa shape index (κ1) is 13.6. The first-order valence-electron chi connectivity index (χ1n) is 6.49. The molecule has 1 unspecified atom stereocenters. The summed E-state index contributed by atoms with van der Waals surface area (Å²) < 4.78 is 5.32. The molecule has 0 aliphatic heterocycles. The number of hydrogen-bond donors (Lipinski definition) is 1. The Hall–Kier alpha value is -1.80. The van der Waals surface area contributed by atoms with E-state index in [1.165, 1.54) is 5.56 Å². The van der Waals surface area contributed by atoms with E-state index < -0.39 is 6.10 Å². The molecule has 19 heavy (non-hydrogen) atoms. The Kier molecular flexibility index (Phi) is 4.23. The standard InChI is InChI=1S/C17H20O2/c1-12-8-9-13(2)15(10-12)16(18)11-14-6-4-5-7-17(14)19-3/h4-10,16,18H,11H2,1-3H3. The first-order valence-corrected chi connectivity index (χ1v) is 6.49. The number of ether oxygens (including phenoxy) is 1. The number of hydrogen-bond acceptors (Lipinski definition) is 2. The van der Waals surface area contributed by atoms with Crippen LogP contribution in [0.3, 0.4) is 0 Å². The predicted octanol–water partition coefficient (Wildman–Crippen LogP) is 3.59. The maximum atomic E-state index is 10.4. The lowest BCUT2D eigenvalue weighted by atomic mass is 9.96. The molecular weight excluding hydrogens is 236 g/mol. The molecule has 0 fully saturated rings. The fourth-order valence-corrected chi connectivity index (χ4v) is 2.31. The molecule has 2 heteroatoms. The van der Waals surface area contributed by atoms with E-state index in [1.807, 2.05) is 38.1 Å². The van der Waals surface area contributed by atoms with Gasteiger partial charge in [-0.3, -0.25) is 0 Å². The third-order valence-electron chi connectivity index (χ3n) is 3.40. The minimum absolute atomic E-state index is 0.504. The summed E-state index contributed by atoms with van der Waals surface area (Å²) in [6, 6.07) is 14.0. The van der Waals surface area contributed by atoms with E-state index in [4.69, 9.17) is 4.74 Å². The van der Waals surface area contributed by atoms with Crippen molar-refractivity contribution in [3.05, 3.63) is 64.7 Å². The van der Waals surface area contributed by atoms with E-state index in [9.17, 15) is 5.11 Å². The Morgan fingerprint density at radius 3 is 2.58 bits per heavy atom. The molecule has 0 amide bonds. The smallest absolute Gasteiger partial charge is 0.122 e. The van der Waals surface area contributed by atoms with Crippen molar-refractivity contribution >= 4 is 0 Å². The fourth-order valence-electron chi connectivity index (χ4n) is 2.31. The highest BCUT2D eigenvalue weighted by Gasteiger charge is 2.13. The van der Waals surface area contributed by atoms with Crippen molar-refractivity contribution in [3.8, 4) is 5.75 Å². The highest BCUT2D eigenvalue weighted by atomic mass is 16.5. The van der Waals surface area contributed by atoms with Gasteiger partial charge in [-0.25, -0.2) is 0 Å². The Bertz CT molecular complexity index is 561. The molecule has 2 aromatic rings. The highest BCUT2D eigenvalue weighted by molar-refractivity contribution is 5.37. The van der Waals surface area contributed by atoms with Gasteiger partial charge in [0.15, 0.2) is 0 Å². The van der Waals surface area contributed by atoms with E-state index in [0.29, 0.717) is 6.42 Å². The number of aliphatic hydroxyl groups is 1. The summed E-state index contributed by atoms with van der Waals surface area (Å²) in [4.78, 5) is 0. The van der Waals surface area contributed by atoms with Crippen LogP contribution in [0.4, 0.5) is 0 Å². The highest BCUT2D eigenvalue weighted by Crippen LogP contribution is 2.27. The summed E-state index contributed by atoms with van der Waals surface area (Å²) >= 11 is 0. The van der Waals surface area contributed by atoms with Gasteiger partial charge >= 0.3 is 0 Å². The van der Waals surface area contributed by atoms with Gasteiger partial charge in [-0.2, -0.15) is 0 Å². The van der Waals surface area contributed by atoms with Gasteiger partial charge in [0.1, 0.15) is 5.75 Å². The molecule has 0 saturated carbocycles. The van der Waals surface area contributed by atoms with Gasteiger partial charge in [0.25, 0.3) is 0 Å². The number of rotatable bonds is 4. The third kappa shape index (κ3) is 3.15. The van der Waals surface area contributed by atoms with Gasteiger partial charge in [0.2, 0.25) is 0 Å². The molecule has 2 nitrogen and oxygen atoms in total. The molecular formula is C17H20O2. The molecule has 0 bridgehead atoms. The van der Waals surface area contributed by atoms with Crippen molar-refractivity contribution in [2.75, 3.05) is 7.11 Å². The van der Waals surface area contributed by atoms with Gasteiger partial charge in [-0.05, 0) is 36.6 Å². The van der Waals surface area contributed by atoms with Gasteiger partial charge in [-0.1, -0.05) is 42.0 Å². The largest absolute Gasteiger partial charge is 0.496 e. The van der Waals surface area contributed by atoms with Crippen molar-refractivity contribution in [1.29, 1.82) is 0 Å². The number of benzene rings is 2. The number of aryl methyl sites for hydroxylation is 2. The van der Waals surface area contributed by atoms with Gasteiger partial charge in [0.05, 0.1) is 13.2 Å². The SMILES string of the molecule is COc1ccccc1CC(O)c1cc(C)ccc1C. The summed E-state index contributed by atoms with van der Waals surface area (Å²) in [6.45, 7) is 4.07. The van der Waals surface area contributed by atoms with Crippen LogP contribution in [0, 0.1) is 13.8 Å². The average molecular weight is 256 g/mol. The average Bonchev–Trinajstić information content (AvgIpc) is 2.42.